The molecule has 0 bridgehead atoms. The van der Waals surface area contributed by atoms with Crippen molar-refractivity contribution in [3.8, 4) is 28.4 Å². The number of esters is 2. The summed E-state index contributed by atoms with van der Waals surface area (Å²) in [6.45, 7) is 12.4. The Labute approximate surface area is 273 Å². The van der Waals surface area contributed by atoms with Crippen LogP contribution in [0.1, 0.15) is 70.2 Å². The maximum absolute atomic E-state index is 12.7. The van der Waals surface area contributed by atoms with Crippen molar-refractivity contribution in [1.82, 2.24) is 0 Å². The Morgan fingerprint density at radius 2 is 1.33 bits per heavy atom. The number of benzene rings is 3. The minimum Gasteiger partial charge on any atom is -0.494 e. The molecule has 0 saturated carbocycles. The van der Waals surface area contributed by atoms with Crippen LogP contribution in [0.4, 0.5) is 0 Å². The first-order chi connectivity index (χ1) is 22.2. The summed E-state index contributed by atoms with van der Waals surface area (Å²) in [5.74, 6) is 1.16. The van der Waals surface area contributed by atoms with E-state index < -0.39 is 18.0 Å². The van der Waals surface area contributed by atoms with Crippen LogP contribution in [0.15, 0.2) is 72.8 Å². The van der Waals surface area contributed by atoms with Crippen LogP contribution < -0.4 is 14.2 Å². The monoisotopic (exact) mass is 632 g/mol. The summed E-state index contributed by atoms with van der Waals surface area (Å²) in [5.41, 5.74) is 2.54. The molecule has 1 saturated heterocycles. The van der Waals surface area contributed by atoms with Gasteiger partial charge in [-0.2, -0.15) is 0 Å². The predicted octanol–water partition coefficient (Wildman–Crippen LogP) is 7.92. The van der Waals surface area contributed by atoms with Crippen molar-refractivity contribution in [3.63, 3.8) is 0 Å². The van der Waals surface area contributed by atoms with E-state index in [4.69, 9.17) is 28.4 Å². The van der Waals surface area contributed by atoms with Gasteiger partial charge in [-0.25, -0.2) is 9.59 Å². The molecule has 46 heavy (non-hydrogen) atoms. The summed E-state index contributed by atoms with van der Waals surface area (Å²) in [5, 5.41) is 0. The normalized spacial score (nSPS) is 15.0. The first-order valence-corrected chi connectivity index (χ1v) is 16.4. The topological polar surface area (TPSA) is 89.5 Å². The number of hydrogen-bond donors (Lipinski definition) is 0. The average Bonchev–Trinajstić information content (AvgIpc) is 3.06. The SMILES string of the molecule is CC[C@H](C)CO[C@@H](C)C(=O)Oc1ccc(-c2ccc(OC(=O)c3ccc(OCCCCCCOCC4(C)COC4)cc3)cc2)cc1. The minimum absolute atomic E-state index is 0.213. The Morgan fingerprint density at radius 3 is 1.89 bits per heavy atom. The lowest BCUT2D eigenvalue weighted by Crippen LogP contribution is -2.43. The van der Waals surface area contributed by atoms with E-state index in [0.29, 0.717) is 36.2 Å². The van der Waals surface area contributed by atoms with Crippen molar-refractivity contribution in [1.29, 1.82) is 0 Å². The lowest BCUT2D eigenvalue weighted by molar-refractivity contribution is -0.146. The molecule has 0 spiro atoms. The summed E-state index contributed by atoms with van der Waals surface area (Å²) in [7, 11) is 0. The van der Waals surface area contributed by atoms with E-state index in [2.05, 4.69) is 20.8 Å². The molecule has 0 amide bonds. The second-order valence-electron chi connectivity index (χ2n) is 12.5. The van der Waals surface area contributed by atoms with Crippen LogP contribution in [0.5, 0.6) is 17.2 Å². The molecule has 0 N–H and O–H groups in total. The van der Waals surface area contributed by atoms with Crippen molar-refractivity contribution in [2.75, 3.05) is 39.6 Å². The number of carbonyl (C=O) groups is 2. The summed E-state index contributed by atoms with van der Waals surface area (Å²) in [4.78, 5) is 25.0. The first kappa shape index (κ1) is 35.1. The molecule has 1 heterocycles. The fourth-order valence-corrected chi connectivity index (χ4v) is 4.68. The van der Waals surface area contributed by atoms with Gasteiger partial charge in [0.25, 0.3) is 0 Å². The zero-order valence-electron chi connectivity index (χ0n) is 27.6. The van der Waals surface area contributed by atoms with Crippen LogP contribution >= 0.6 is 0 Å². The maximum atomic E-state index is 12.7. The zero-order valence-corrected chi connectivity index (χ0v) is 27.6. The van der Waals surface area contributed by atoms with E-state index in [0.717, 1.165) is 75.4 Å². The number of hydrogen-bond acceptors (Lipinski definition) is 8. The summed E-state index contributed by atoms with van der Waals surface area (Å²) in [6, 6.07) is 21.5. The highest BCUT2D eigenvalue weighted by Gasteiger charge is 2.33. The van der Waals surface area contributed by atoms with Crippen LogP contribution in [-0.4, -0.2) is 57.7 Å². The average molecular weight is 633 g/mol. The molecule has 1 fully saturated rings. The molecule has 8 heteroatoms. The van der Waals surface area contributed by atoms with Crippen molar-refractivity contribution < 1.29 is 38.0 Å². The van der Waals surface area contributed by atoms with Crippen LogP contribution in [0.3, 0.4) is 0 Å². The Bertz CT molecular complexity index is 1350. The number of ether oxygens (including phenoxy) is 6. The second-order valence-corrected chi connectivity index (χ2v) is 12.5. The van der Waals surface area contributed by atoms with Gasteiger partial charge in [-0.1, -0.05) is 57.9 Å². The fraction of sp³-hybridized carbons (Fsp3) is 0.474. The van der Waals surface area contributed by atoms with Crippen LogP contribution in [0, 0.1) is 11.3 Å². The molecular formula is C38H48O8. The van der Waals surface area contributed by atoms with Crippen molar-refractivity contribution in [2.24, 2.45) is 11.3 Å². The molecular weight excluding hydrogens is 584 g/mol. The van der Waals surface area contributed by atoms with Gasteiger partial charge in [0.2, 0.25) is 0 Å². The van der Waals surface area contributed by atoms with E-state index >= 15 is 0 Å². The lowest BCUT2D eigenvalue weighted by Gasteiger charge is -2.37. The van der Waals surface area contributed by atoms with Gasteiger partial charge in [0, 0.05) is 12.0 Å². The van der Waals surface area contributed by atoms with Gasteiger partial charge in [0.1, 0.15) is 17.2 Å². The molecule has 0 radical (unpaired) electrons. The lowest BCUT2D eigenvalue weighted by atomic mass is 9.90. The van der Waals surface area contributed by atoms with Gasteiger partial charge in [-0.05, 0) is 91.8 Å². The molecule has 3 aromatic carbocycles. The quantitative estimate of drug-likeness (QED) is 0.0748. The maximum Gasteiger partial charge on any atom is 0.343 e. The predicted molar refractivity (Wildman–Crippen MR) is 177 cm³/mol. The third-order valence-electron chi connectivity index (χ3n) is 8.02. The molecule has 248 valence electrons. The summed E-state index contributed by atoms with van der Waals surface area (Å²) in [6.07, 6.45) is 4.58. The largest absolute Gasteiger partial charge is 0.494 e. The Balaban J connectivity index is 1.13. The smallest absolute Gasteiger partial charge is 0.343 e. The van der Waals surface area contributed by atoms with Crippen LogP contribution in [0.2, 0.25) is 0 Å². The highest BCUT2D eigenvalue weighted by molar-refractivity contribution is 5.91. The molecule has 1 aliphatic heterocycles. The van der Waals surface area contributed by atoms with Gasteiger partial charge >= 0.3 is 11.9 Å². The number of rotatable bonds is 19. The van der Waals surface area contributed by atoms with Crippen LogP contribution in [0.25, 0.3) is 11.1 Å². The molecule has 1 aliphatic rings. The summed E-state index contributed by atoms with van der Waals surface area (Å²) >= 11 is 0. The van der Waals surface area contributed by atoms with Crippen molar-refractivity contribution >= 4 is 11.9 Å². The molecule has 3 aromatic rings. The van der Waals surface area contributed by atoms with Crippen molar-refractivity contribution in [2.45, 2.75) is 65.9 Å². The minimum atomic E-state index is -0.631. The molecule has 8 nitrogen and oxygen atoms in total. The number of carbonyl (C=O) groups excluding carboxylic acids is 2. The van der Waals surface area contributed by atoms with Crippen molar-refractivity contribution in [3.05, 3.63) is 78.4 Å². The van der Waals surface area contributed by atoms with E-state index in [-0.39, 0.29) is 5.41 Å². The second kappa shape index (κ2) is 17.8. The van der Waals surface area contributed by atoms with Gasteiger partial charge in [0.15, 0.2) is 6.10 Å². The van der Waals surface area contributed by atoms with E-state index in [1.54, 1.807) is 55.5 Å². The standard InChI is InChI=1S/C38H48O8/c1-5-28(2)24-44-29(3)36(39)45-34-18-10-30(11-19-34)31-12-20-35(21-13-31)46-37(40)32-14-16-33(17-15-32)43-23-9-7-6-8-22-41-25-38(4)26-42-27-38/h10-21,28-29H,5-9,22-27H2,1-4H3/t28-,29-/m0/s1. The molecule has 2 atom stereocenters. The van der Waals surface area contributed by atoms with E-state index in [1.165, 1.54) is 0 Å². The first-order valence-electron chi connectivity index (χ1n) is 16.4. The van der Waals surface area contributed by atoms with Gasteiger partial charge in [-0.3, -0.25) is 0 Å². The Morgan fingerprint density at radius 1 is 0.761 bits per heavy atom. The highest BCUT2D eigenvalue weighted by atomic mass is 16.6. The summed E-state index contributed by atoms with van der Waals surface area (Å²) < 4.78 is 33.5. The van der Waals surface area contributed by atoms with E-state index in [9.17, 15) is 9.59 Å². The van der Waals surface area contributed by atoms with Gasteiger partial charge in [0.05, 0.1) is 38.6 Å². The molecule has 0 aromatic heterocycles. The molecule has 0 aliphatic carbocycles. The molecule has 0 unspecified atom stereocenters. The zero-order chi connectivity index (χ0) is 32.8. The third kappa shape index (κ3) is 11.3. The fourth-order valence-electron chi connectivity index (χ4n) is 4.68. The van der Waals surface area contributed by atoms with E-state index in [1.807, 2.05) is 24.3 Å². The molecule has 4 rings (SSSR count). The Hall–Kier alpha value is -3.72. The number of unbranched alkanes of at least 4 members (excludes halogenated alkanes) is 3. The highest BCUT2D eigenvalue weighted by Crippen LogP contribution is 2.27. The third-order valence-corrected chi connectivity index (χ3v) is 8.02. The van der Waals surface area contributed by atoms with Crippen LogP contribution in [-0.2, 0) is 19.0 Å². The van der Waals surface area contributed by atoms with Gasteiger partial charge in [-0.15, -0.1) is 0 Å². The van der Waals surface area contributed by atoms with Gasteiger partial charge < -0.3 is 28.4 Å². The Kier molecular flexibility index (Phi) is 13.6.